The van der Waals surface area contributed by atoms with Crippen LogP contribution in [-0.4, -0.2) is 17.0 Å². The van der Waals surface area contributed by atoms with E-state index in [9.17, 15) is 9.90 Å². The lowest BCUT2D eigenvalue weighted by molar-refractivity contribution is -0.128. The number of aliphatic hydroxyl groups is 1. The maximum Gasteiger partial charge on any atom is 0.140 e. The van der Waals surface area contributed by atoms with Crippen LogP contribution in [0.1, 0.15) is 45.6 Å². The lowest BCUT2D eigenvalue weighted by Gasteiger charge is -2.23. The van der Waals surface area contributed by atoms with Crippen LogP contribution in [0.4, 0.5) is 0 Å². The van der Waals surface area contributed by atoms with Gasteiger partial charge in [-0.25, -0.2) is 0 Å². The standard InChI is InChI=1S/C15H22O2/c1-11(12-8-6-5-7-9-12)13(16)10-14(17)15(2,3)4/h5-9,11,13,16H,10H2,1-4H3. The molecule has 0 bridgehead atoms. The van der Waals surface area contributed by atoms with Crippen LogP contribution in [0, 0.1) is 5.41 Å². The first kappa shape index (κ1) is 13.9. The minimum Gasteiger partial charge on any atom is -0.392 e. The third kappa shape index (κ3) is 3.97. The van der Waals surface area contributed by atoms with E-state index in [1.54, 1.807) is 0 Å². The van der Waals surface area contributed by atoms with Gasteiger partial charge in [-0.3, -0.25) is 4.79 Å². The van der Waals surface area contributed by atoms with Gasteiger partial charge in [0.05, 0.1) is 6.10 Å². The molecular formula is C15H22O2. The van der Waals surface area contributed by atoms with Gasteiger partial charge in [-0.2, -0.15) is 0 Å². The number of carbonyl (C=O) groups is 1. The van der Waals surface area contributed by atoms with Crippen molar-refractivity contribution in [2.45, 2.75) is 46.1 Å². The summed E-state index contributed by atoms with van der Waals surface area (Å²) in [6.45, 7) is 7.61. The van der Waals surface area contributed by atoms with Crippen molar-refractivity contribution in [2.24, 2.45) is 5.41 Å². The van der Waals surface area contributed by atoms with Crippen LogP contribution >= 0.6 is 0 Å². The van der Waals surface area contributed by atoms with E-state index in [1.807, 2.05) is 58.0 Å². The molecule has 0 spiro atoms. The summed E-state index contributed by atoms with van der Waals surface area (Å²) in [6, 6.07) is 9.81. The van der Waals surface area contributed by atoms with E-state index >= 15 is 0 Å². The molecule has 2 unspecified atom stereocenters. The van der Waals surface area contributed by atoms with Gasteiger partial charge in [-0.05, 0) is 5.56 Å². The average molecular weight is 234 g/mol. The molecule has 0 amide bonds. The second kappa shape index (κ2) is 5.46. The Hall–Kier alpha value is -1.15. The molecule has 0 aliphatic rings. The monoisotopic (exact) mass is 234 g/mol. The summed E-state index contributed by atoms with van der Waals surface area (Å²) in [5.41, 5.74) is 0.693. The second-order valence-electron chi connectivity index (χ2n) is 5.64. The fourth-order valence-corrected chi connectivity index (χ4v) is 1.65. The largest absolute Gasteiger partial charge is 0.392 e. The van der Waals surface area contributed by atoms with Gasteiger partial charge in [0.15, 0.2) is 0 Å². The van der Waals surface area contributed by atoms with Gasteiger partial charge in [0, 0.05) is 17.8 Å². The second-order valence-corrected chi connectivity index (χ2v) is 5.64. The minimum absolute atomic E-state index is 0.0116. The molecule has 0 aliphatic carbocycles. The molecule has 0 heterocycles. The predicted molar refractivity (Wildman–Crippen MR) is 69.9 cm³/mol. The molecule has 2 heteroatoms. The highest BCUT2D eigenvalue weighted by Gasteiger charge is 2.26. The van der Waals surface area contributed by atoms with Gasteiger partial charge in [0.2, 0.25) is 0 Å². The van der Waals surface area contributed by atoms with E-state index in [0.717, 1.165) is 5.56 Å². The van der Waals surface area contributed by atoms with Crippen LogP contribution in [-0.2, 0) is 4.79 Å². The highest BCUT2D eigenvalue weighted by molar-refractivity contribution is 5.84. The van der Waals surface area contributed by atoms with Crippen molar-refractivity contribution < 1.29 is 9.90 Å². The first-order chi connectivity index (χ1) is 7.82. The Bertz CT molecular complexity index is 362. The quantitative estimate of drug-likeness (QED) is 0.869. The summed E-state index contributed by atoms with van der Waals surface area (Å²) in [5, 5.41) is 10.1. The average Bonchev–Trinajstić information content (AvgIpc) is 2.27. The Morgan fingerprint density at radius 2 is 1.76 bits per heavy atom. The molecule has 17 heavy (non-hydrogen) atoms. The summed E-state index contributed by atoms with van der Waals surface area (Å²) < 4.78 is 0. The molecule has 0 radical (unpaired) electrons. The number of ketones is 1. The molecule has 2 nitrogen and oxygen atoms in total. The first-order valence-corrected chi connectivity index (χ1v) is 6.08. The van der Waals surface area contributed by atoms with Crippen molar-refractivity contribution >= 4 is 5.78 Å². The highest BCUT2D eigenvalue weighted by atomic mass is 16.3. The third-order valence-corrected chi connectivity index (χ3v) is 3.13. The van der Waals surface area contributed by atoms with Crippen molar-refractivity contribution in [3.05, 3.63) is 35.9 Å². The molecule has 1 rings (SSSR count). The Kier molecular flexibility index (Phi) is 4.47. The van der Waals surface area contributed by atoms with Gasteiger partial charge in [-0.1, -0.05) is 58.0 Å². The van der Waals surface area contributed by atoms with E-state index in [0.29, 0.717) is 0 Å². The van der Waals surface area contributed by atoms with E-state index in [1.165, 1.54) is 0 Å². The number of aliphatic hydroxyl groups excluding tert-OH is 1. The number of Topliss-reactive ketones (excluding diaryl/α,β-unsaturated/α-hetero) is 1. The molecule has 94 valence electrons. The lowest BCUT2D eigenvalue weighted by Crippen LogP contribution is -2.27. The molecular weight excluding hydrogens is 212 g/mol. The molecule has 1 N–H and O–H groups in total. The van der Waals surface area contributed by atoms with E-state index in [2.05, 4.69) is 0 Å². The van der Waals surface area contributed by atoms with Crippen LogP contribution in [0.5, 0.6) is 0 Å². The Balaban J connectivity index is 2.66. The van der Waals surface area contributed by atoms with Gasteiger partial charge in [0.1, 0.15) is 5.78 Å². The SMILES string of the molecule is CC(c1ccccc1)C(O)CC(=O)C(C)(C)C. The number of rotatable bonds is 4. The lowest BCUT2D eigenvalue weighted by atomic mass is 9.84. The number of carbonyl (C=O) groups excluding carboxylic acids is 1. The van der Waals surface area contributed by atoms with Crippen molar-refractivity contribution in [3.8, 4) is 0 Å². The van der Waals surface area contributed by atoms with E-state index in [4.69, 9.17) is 0 Å². The Morgan fingerprint density at radius 3 is 2.24 bits per heavy atom. The smallest absolute Gasteiger partial charge is 0.140 e. The fraction of sp³-hybridized carbons (Fsp3) is 0.533. The maximum absolute atomic E-state index is 11.9. The third-order valence-electron chi connectivity index (χ3n) is 3.13. The number of hydrogen-bond acceptors (Lipinski definition) is 2. The van der Waals surface area contributed by atoms with Crippen LogP contribution in [0.15, 0.2) is 30.3 Å². The normalized spacial score (nSPS) is 15.4. The van der Waals surface area contributed by atoms with Crippen molar-refractivity contribution in [3.63, 3.8) is 0 Å². The minimum atomic E-state index is -0.607. The van der Waals surface area contributed by atoms with Crippen LogP contribution in [0.25, 0.3) is 0 Å². The molecule has 2 atom stereocenters. The Labute approximate surface area is 104 Å². The molecule has 0 saturated heterocycles. The molecule has 0 fully saturated rings. The van der Waals surface area contributed by atoms with E-state index in [-0.39, 0.29) is 23.5 Å². The van der Waals surface area contributed by atoms with Crippen molar-refractivity contribution in [1.29, 1.82) is 0 Å². The maximum atomic E-state index is 11.9. The zero-order valence-corrected chi connectivity index (χ0v) is 11.1. The van der Waals surface area contributed by atoms with Gasteiger partial charge in [0.25, 0.3) is 0 Å². The summed E-state index contributed by atoms with van der Waals surface area (Å²) in [6.07, 6.45) is -0.386. The summed E-state index contributed by atoms with van der Waals surface area (Å²) in [7, 11) is 0. The zero-order chi connectivity index (χ0) is 13.1. The van der Waals surface area contributed by atoms with Gasteiger partial charge >= 0.3 is 0 Å². The van der Waals surface area contributed by atoms with Crippen LogP contribution in [0.3, 0.4) is 0 Å². The van der Waals surface area contributed by atoms with Crippen LogP contribution in [0.2, 0.25) is 0 Å². The molecule has 0 aromatic heterocycles. The van der Waals surface area contributed by atoms with Gasteiger partial charge < -0.3 is 5.11 Å². The highest BCUT2D eigenvalue weighted by Crippen LogP contribution is 2.25. The number of hydrogen-bond donors (Lipinski definition) is 1. The fourth-order valence-electron chi connectivity index (χ4n) is 1.65. The van der Waals surface area contributed by atoms with E-state index < -0.39 is 6.10 Å². The summed E-state index contributed by atoms with van der Waals surface area (Å²) >= 11 is 0. The molecule has 0 aliphatic heterocycles. The molecule has 1 aromatic rings. The van der Waals surface area contributed by atoms with Crippen molar-refractivity contribution in [1.82, 2.24) is 0 Å². The summed E-state index contributed by atoms with van der Waals surface area (Å²) in [5.74, 6) is 0.0929. The first-order valence-electron chi connectivity index (χ1n) is 6.08. The molecule has 0 saturated carbocycles. The zero-order valence-electron chi connectivity index (χ0n) is 11.1. The topological polar surface area (TPSA) is 37.3 Å². The van der Waals surface area contributed by atoms with Gasteiger partial charge in [-0.15, -0.1) is 0 Å². The molecule has 1 aromatic carbocycles. The number of benzene rings is 1. The van der Waals surface area contributed by atoms with Crippen molar-refractivity contribution in [2.75, 3.05) is 0 Å². The summed E-state index contributed by atoms with van der Waals surface area (Å²) in [4.78, 5) is 11.9. The predicted octanol–water partition coefficient (Wildman–Crippen LogP) is 3.16. The Morgan fingerprint density at radius 1 is 1.24 bits per heavy atom. The van der Waals surface area contributed by atoms with Crippen LogP contribution < -0.4 is 0 Å².